The summed E-state index contributed by atoms with van der Waals surface area (Å²) in [5.41, 5.74) is -1.44. The van der Waals surface area contributed by atoms with Crippen LogP contribution in [-0.2, 0) is 38.1 Å². The molecule has 5 rings (SSSR count). The molecule has 37 heavy (non-hydrogen) atoms. The van der Waals surface area contributed by atoms with Crippen molar-refractivity contribution in [3.8, 4) is 0 Å². The number of hydrogen-bond acceptors (Lipinski definition) is 10. The first-order valence-corrected chi connectivity index (χ1v) is 12.8. The highest BCUT2D eigenvalue weighted by Gasteiger charge is 2.83. The van der Waals surface area contributed by atoms with Crippen molar-refractivity contribution >= 4 is 17.9 Å². The number of rotatable bonds is 1. The van der Waals surface area contributed by atoms with Crippen molar-refractivity contribution in [3.05, 3.63) is 36.0 Å². The van der Waals surface area contributed by atoms with Crippen molar-refractivity contribution in [2.24, 2.45) is 16.7 Å². The zero-order valence-electron chi connectivity index (χ0n) is 21.1. The van der Waals surface area contributed by atoms with Crippen molar-refractivity contribution in [1.82, 2.24) is 0 Å². The zero-order valence-corrected chi connectivity index (χ0v) is 21.1. The van der Waals surface area contributed by atoms with Crippen LogP contribution in [0.1, 0.15) is 39.5 Å². The minimum Gasteiger partial charge on any atom is -0.463 e. The van der Waals surface area contributed by atoms with E-state index in [0.29, 0.717) is 25.9 Å². The molecule has 0 unspecified atom stereocenters. The van der Waals surface area contributed by atoms with Crippen LogP contribution in [0.25, 0.3) is 0 Å². The van der Waals surface area contributed by atoms with Gasteiger partial charge in [-0.1, -0.05) is 32.1 Å². The zero-order chi connectivity index (χ0) is 26.4. The summed E-state index contributed by atoms with van der Waals surface area (Å²) in [6.07, 6.45) is 6.03. The summed E-state index contributed by atoms with van der Waals surface area (Å²) in [4.78, 5) is 37.6. The molecular weight excluding hydrogens is 484 g/mol. The van der Waals surface area contributed by atoms with Crippen LogP contribution in [0.2, 0.25) is 0 Å². The molecule has 2 aliphatic carbocycles. The van der Waals surface area contributed by atoms with E-state index in [1.165, 1.54) is 24.3 Å². The summed E-state index contributed by atoms with van der Waals surface area (Å²) in [6, 6.07) is 0. The number of hydrogen-bond donors (Lipinski definition) is 2. The highest BCUT2D eigenvalue weighted by atomic mass is 16.6. The Kier molecular flexibility index (Phi) is 6.81. The van der Waals surface area contributed by atoms with Crippen molar-refractivity contribution in [1.29, 1.82) is 0 Å². The van der Waals surface area contributed by atoms with Gasteiger partial charge in [-0.05, 0) is 30.8 Å². The highest BCUT2D eigenvalue weighted by molar-refractivity contribution is 5.84. The second-order valence-electron chi connectivity index (χ2n) is 10.9. The van der Waals surface area contributed by atoms with Gasteiger partial charge in [0.15, 0.2) is 6.10 Å². The molecule has 1 saturated carbocycles. The molecule has 0 aromatic carbocycles. The molecule has 2 bridgehead atoms. The maximum Gasteiger partial charge on any atom is 0.335 e. The smallest absolute Gasteiger partial charge is 0.335 e. The van der Waals surface area contributed by atoms with Gasteiger partial charge in [-0.2, -0.15) is 0 Å². The van der Waals surface area contributed by atoms with Crippen molar-refractivity contribution in [2.45, 2.75) is 69.5 Å². The van der Waals surface area contributed by atoms with Crippen molar-refractivity contribution < 1.29 is 48.3 Å². The number of carbonyl (C=O) groups excluding carboxylic acids is 3. The molecule has 0 aromatic heterocycles. The Morgan fingerprint density at radius 1 is 1.05 bits per heavy atom. The normalized spacial score (nSPS) is 44.2. The maximum atomic E-state index is 13.0. The van der Waals surface area contributed by atoms with Crippen LogP contribution < -0.4 is 0 Å². The van der Waals surface area contributed by atoms with Gasteiger partial charge >= 0.3 is 17.9 Å². The van der Waals surface area contributed by atoms with Gasteiger partial charge in [0.1, 0.15) is 18.3 Å². The Bertz CT molecular complexity index is 1040. The Labute approximate surface area is 215 Å². The van der Waals surface area contributed by atoms with Gasteiger partial charge in [0.05, 0.1) is 37.4 Å². The monoisotopic (exact) mass is 518 g/mol. The van der Waals surface area contributed by atoms with Gasteiger partial charge in [0.25, 0.3) is 0 Å². The van der Waals surface area contributed by atoms with Crippen molar-refractivity contribution in [2.75, 3.05) is 26.4 Å². The fourth-order valence-corrected chi connectivity index (χ4v) is 6.70. The molecule has 0 radical (unpaired) electrons. The average Bonchev–Trinajstić information content (AvgIpc) is 3.66. The Morgan fingerprint density at radius 2 is 1.78 bits per heavy atom. The number of aliphatic hydroxyl groups is 2. The predicted octanol–water partition coefficient (Wildman–Crippen LogP) is 1.14. The number of allylic oxidation sites excluding steroid dienone is 2. The van der Waals surface area contributed by atoms with E-state index in [-0.39, 0.29) is 32.3 Å². The standard InChI is InChI=1S/C27H34O10/c1-16-8-10-33-21(29)5-3-4-6-22(30)37-18-12-20-27(15-35-27)25(18,2)26(14-34-24(32)23(16)31)9-7-17(13-28)11-19(26)36-20/h3-6,11,16,18-20,23,28,31H,7-10,12-15H2,1-2H3/t16-,18-,19-,20-,23+,25-,26-,27+/m1/s1. The Balaban J connectivity index is 1.53. The number of carbonyl (C=O) groups is 3. The lowest BCUT2D eigenvalue weighted by Crippen LogP contribution is -2.67. The number of aliphatic hydroxyl groups excluding tert-OH is 2. The lowest BCUT2D eigenvalue weighted by molar-refractivity contribution is -0.235. The first-order chi connectivity index (χ1) is 17.7. The van der Waals surface area contributed by atoms with Crippen LogP contribution in [-0.4, -0.2) is 84.6 Å². The van der Waals surface area contributed by atoms with Crippen LogP contribution in [0.3, 0.4) is 0 Å². The summed E-state index contributed by atoms with van der Waals surface area (Å²) in [7, 11) is 0. The van der Waals surface area contributed by atoms with E-state index < -0.39 is 58.6 Å². The SMILES string of the molecule is C[C@@H]1CCOC(=O)C=CC=CC(=O)O[C@@H]2C[C@H]3O[C@@H]4C=C(CO)CC[C@]4(COC(=O)[C@H]1O)[C@]2(C)[C@]31CO1. The molecule has 0 aromatic rings. The van der Waals surface area contributed by atoms with E-state index in [9.17, 15) is 24.6 Å². The molecule has 8 atom stereocenters. The summed E-state index contributed by atoms with van der Waals surface area (Å²) in [6.45, 7) is 3.96. The minimum absolute atomic E-state index is 0.00994. The number of esters is 3. The first kappa shape index (κ1) is 26.1. The number of ether oxygens (including phenoxy) is 5. The molecule has 202 valence electrons. The fourth-order valence-electron chi connectivity index (χ4n) is 6.70. The Morgan fingerprint density at radius 3 is 2.49 bits per heavy atom. The second kappa shape index (κ2) is 9.65. The molecule has 0 amide bonds. The van der Waals surface area contributed by atoms with E-state index in [1.54, 1.807) is 6.92 Å². The lowest BCUT2D eigenvalue weighted by atomic mass is 9.51. The predicted molar refractivity (Wildman–Crippen MR) is 127 cm³/mol. The summed E-state index contributed by atoms with van der Waals surface area (Å²) in [5.74, 6) is -2.48. The lowest BCUT2D eigenvalue weighted by Gasteiger charge is -2.58. The van der Waals surface area contributed by atoms with E-state index in [1.807, 2.05) is 13.0 Å². The highest BCUT2D eigenvalue weighted by Crippen LogP contribution is 2.72. The van der Waals surface area contributed by atoms with Gasteiger partial charge in [-0.3, -0.25) is 0 Å². The third-order valence-corrected chi connectivity index (χ3v) is 9.20. The topological polar surface area (TPSA) is 141 Å². The molecule has 5 aliphatic rings. The fraction of sp³-hybridized carbons (Fsp3) is 0.667. The van der Waals surface area contributed by atoms with Gasteiger partial charge in [0, 0.05) is 24.0 Å². The quantitative estimate of drug-likeness (QED) is 0.225. The van der Waals surface area contributed by atoms with E-state index in [4.69, 9.17) is 23.7 Å². The molecule has 10 heteroatoms. The van der Waals surface area contributed by atoms with Gasteiger partial charge in [0.2, 0.25) is 0 Å². The van der Waals surface area contributed by atoms with Gasteiger partial charge in [-0.15, -0.1) is 0 Å². The van der Waals surface area contributed by atoms with Crippen LogP contribution in [0.5, 0.6) is 0 Å². The van der Waals surface area contributed by atoms with Gasteiger partial charge in [-0.25, -0.2) is 14.4 Å². The third-order valence-electron chi connectivity index (χ3n) is 9.20. The number of cyclic esters (lactones) is 2. The van der Waals surface area contributed by atoms with Crippen LogP contribution in [0.15, 0.2) is 36.0 Å². The second-order valence-corrected chi connectivity index (χ2v) is 10.9. The van der Waals surface area contributed by atoms with E-state index in [2.05, 4.69) is 0 Å². The molecular formula is C27H34O10. The molecule has 2 saturated heterocycles. The Hall–Kier alpha value is -2.53. The molecule has 3 aliphatic heterocycles. The molecule has 3 heterocycles. The molecule has 2 N–H and O–H groups in total. The molecule has 10 nitrogen and oxygen atoms in total. The van der Waals surface area contributed by atoms with E-state index in [0.717, 1.165) is 5.57 Å². The molecule has 2 spiro atoms. The third kappa shape index (κ3) is 4.14. The average molecular weight is 519 g/mol. The van der Waals surface area contributed by atoms with Crippen molar-refractivity contribution in [3.63, 3.8) is 0 Å². The largest absolute Gasteiger partial charge is 0.463 e. The van der Waals surface area contributed by atoms with Gasteiger partial charge < -0.3 is 33.9 Å². The number of epoxide rings is 1. The summed E-state index contributed by atoms with van der Waals surface area (Å²) < 4.78 is 29.4. The minimum atomic E-state index is -1.41. The van der Waals surface area contributed by atoms with E-state index >= 15 is 0 Å². The first-order valence-electron chi connectivity index (χ1n) is 12.8. The van der Waals surface area contributed by atoms with Crippen LogP contribution in [0.4, 0.5) is 0 Å². The maximum absolute atomic E-state index is 13.0. The summed E-state index contributed by atoms with van der Waals surface area (Å²) in [5, 5.41) is 20.4. The molecule has 3 fully saturated rings. The van der Waals surface area contributed by atoms with Crippen LogP contribution in [0, 0.1) is 16.7 Å². The van der Waals surface area contributed by atoms with Crippen LogP contribution >= 0.6 is 0 Å². The summed E-state index contributed by atoms with van der Waals surface area (Å²) >= 11 is 0.